The molecule has 1 aliphatic heterocycles. The van der Waals surface area contributed by atoms with Crippen LogP contribution in [0.25, 0.3) is 0 Å². The van der Waals surface area contributed by atoms with E-state index in [1.165, 1.54) is 11.3 Å². The van der Waals surface area contributed by atoms with E-state index in [-0.39, 0.29) is 24.4 Å². The Morgan fingerprint density at radius 3 is 2.84 bits per heavy atom. The van der Waals surface area contributed by atoms with Gasteiger partial charge in [0.2, 0.25) is 11.9 Å². The second kappa shape index (κ2) is 8.06. The van der Waals surface area contributed by atoms with E-state index in [1.54, 1.807) is 24.5 Å². The molecule has 8 heteroatoms. The number of carbonyl (C=O) groups is 2. The van der Waals surface area contributed by atoms with Crippen LogP contribution < -0.4 is 15.5 Å². The Morgan fingerprint density at radius 1 is 1.32 bits per heavy atom. The van der Waals surface area contributed by atoms with Gasteiger partial charge in [-0.25, -0.2) is 9.97 Å². The van der Waals surface area contributed by atoms with Gasteiger partial charge < -0.3 is 15.5 Å². The molecule has 3 rings (SSSR count). The summed E-state index contributed by atoms with van der Waals surface area (Å²) in [5.74, 6) is 0.293. The molecule has 2 amide bonds. The number of aryl methyl sites for hydroxylation is 1. The molecule has 0 aliphatic carbocycles. The van der Waals surface area contributed by atoms with Crippen LogP contribution in [0.2, 0.25) is 0 Å². The van der Waals surface area contributed by atoms with Crippen LogP contribution >= 0.6 is 11.3 Å². The number of amides is 2. The summed E-state index contributed by atoms with van der Waals surface area (Å²) in [6.45, 7) is 3.48. The summed E-state index contributed by atoms with van der Waals surface area (Å²) in [4.78, 5) is 36.4. The molecule has 0 radical (unpaired) electrons. The van der Waals surface area contributed by atoms with Gasteiger partial charge in [-0.05, 0) is 38.0 Å². The van der Waals surface area contributed by atoms with Gasteiger partial charge in [-0.15, -0.1) is 11.3 Å². The summed E-state index contributed by atoms with van der Waals surface area (Å²) in [7, 11) is 0. The highest BCUT2D eigenvalue weighted by Crippen LogP contribution is 2.16. The third-order valence-electron chi connectivity index (χ3n) is 4.00. The molecule has 7 nitrogen and oxygen atoms in total. The number of nitrogens with one attached hydrogen (secondary N) is 2. The first-order chi connectivity index (χ1) is 12.1. The van der Waals surface area contributed by atoms with Crippen LogP contribution in [0.3, 0.4) is 0 Å². The number of thiophene rings is 1. The van der Waals surface area contributed by atoms with Crippen LogP contribution in [0.5, 0.6) is 0 Å². The third-order valence-corrected chi connectivity index (χ3v) is 4.99. The fourth-order valence-electron chi connectivity index (χ4n) is 2.81. The van der Waals surface area contributed by atoms with E-state index in [0.29, 0.717) is 17.4 Å². The zero-order valence-corrected chi connectivity index (χ0v) is 14.9. The van der Waals surface area contributed by atoms with Gasteiger partial charge >= 0.3 is 0 Å². The molecule has 2 aromatic heterocycles. The van der Waals surface area contributed by atoms with Gasteiger partial charge in [0.05, 0.1) is 11.4 Å². The zero-order valence-electron chi connectivity index (χ0n) is 14.1. The lowest BCUT2D eigenvalue weighted by Gasteiger charge is -2.33. The molecule has 25 heavy (non-hydrogen) atoms. The van der Waals surface area contributed by atoms with Crippen molar-refractivity contribution >= 4 is 29.1 Å². The predicted molar refractivity (Wildman–Crippen MR) is 96.8 cm³/mol. The van der Waals surface area contributed by atoms with Crippen LogP contribution in [0.4, 0.5) is 5.95 Å². The monoisotopic (exact) mass is 359 g/mol. The molecule has 3 heterocycles. The summed E-state index contributed by atoms with van der Waals surface area (Å²) < 4.78 is 0. The molecule has 1 fully saturated rings. The fourth-order valence-corrected chi connectivity index (χ4v) is 3.60. The third kappa shape index (κ3) is 4.76. The molecule has 1 atom stereocenters. The quantitative estimate of drug-likeness (QED) is 0.842. The molecule has 1 saturated heterocycles. The van der Waals surface area contributed by atoms with Gasteiger partial charge in [-0.2, -0.15) is 0 Å². The van der Waals surface area contributed by atoms with E-state index in [1.807, 2.05) is 13.0 Å². The standard InChI is InChI=1S/C17H21N5O2S/c1-12-5-6-14(25-12)16(24)20-10-15(23)21-13-4-2-9-22(11-13)17-18-7-3-8-19-17/h3,5-8,13H,2,4,9-11H2,1H3,(H,20,24)(H,21,23)/t13-/m0/s1. The Kier molecular flexibility index (Phi) is 5.60. The minimum absolute atomic E-state index is 0.0197. The first kappa shape index (κ1) is 17.3. The fraction of sp³-hybridized carbons (Fsp3) is 0.412. The Morgan fingerprint density at radius 2 is 2.12 bits per heavy atom. The smallest absolute Gasteiger partial charge is 0.261 e. The van der Waals surface area contributed by atoms with Crippen molar-refractivity contribution in [3.63, 3.8) is 0 Å². The van der Waals surface area contributed by atoms with Crippen LogP contribution in [-0.2, 0) is 4.79 Å². The number of aromatic nitrogens is 2. The highest BCUT2D eigenvalue weighted by Gasteiger charge is 2.23. The SMILES string of the molecule is Cc1ccc(C(=O)NCC(=O)N[C@H]2CCCN(c3ncccn3)C2)s1. The van der Waals surface area contributed by atoms with Crippen LogP contribution in [0, 0.1) is 6.92 Å². The maximum atomic E-state index is 12.1. The molecule has 0 bridgehead atoms. The summed E-state index contributed by atoms with van der Waals surface area (Å²) >= 11 is 1.42. The number of anilines is 1. The number of hydrogen-bond acceptors (Lipinski definition) is 6. The van der Waals surface area contributed by atoms with Crippen molar-refractivity contribution < 1.29 is 9.59 Å². The van der Waals surface area contributed by atoms with E-state index in [2.05, 4.69) is 25.5 Å². The maximum Gasteiger partial charge on any atom is 0.261 e. The van der Waals surface area contributed by atoms with Crippen molar-refractivity contribution in [3.8, 4) is 0 Å². The van der Waals surface area contributed by atoms with Crippen molar-refractivity contribution in [3.05, 3.63) is 40.3 Å². The van der Waals surface area contributed by atoms with Gasteiger partial charge in [-0.3, -0.25) is 9.59 Å². The highest BCUT2D eigenvalue weighted by atomic mass is 32.1. The molecule has 1 aliphatic rings. The van der Waals surface area contributed by atoms with E-state index in [0.717, 1.165) is 24.3 Å². The van der Waals surface area contributed by atoms with Crippen molar-refractivity contribution in [1.82, 2.24) is 20.6 Å². The Bertz CT molecular complexity index is 734. The van der Waals surface area contributed by atoms with Crippen molar-refractivity contribution in [2.45, 2.75) is 25.8 Å². The molecule has 0 spiro atoms. The largest absolute Gasteiger partial charge is 0.350 e. The minimum atomic E-state index is -0.212. The van der Waals surface area contributed by atoms with E-state index in [9.17, 15) is 9.59 Å². The number of hydrogen-bond donors (Lipinski definition) is 2. The number of piperidine rings is 1. The summed E-state index contributed by atoms with van der Waals surface area (Å²) in [6.07, 6.45) is 5.30. The molecule has 0 saturated carbocycles. The highest BCUT2D eigenvalue weighted by molar-refractivity contribution is 7.13. The van der Waals surface area contributed by atoms with Gasteiger partial charge in [0, 0.05) is 36.4 Å². The normalized spacial score (nSPS) is 17.2. The Balaban J connectivity index is 1.47. The molecule has 0 unspecified atom stereocenters. The molecular formula is C17H21N5O2S. The molecule has 132 valence electrons. The maximum absolute atomic E-state index is 12.1. The van der Waals surface area contributed by atoms with Crippen molar-refractivity contribution in [1.29, 1.82) is 0 Å². The second-order valence-electron chi connectivity index (χ2n) is 5.99. The lowest BCUT2D eigenvalue weighted by molar-refractivity contribution is -0.120. The lowest BCUT2D eigenvalue weighted by Crippen LogP contribution is -2.50. The number of nitrogens with zero attached hydrogens (tertiary/aromatic N) is 3. The number of carbonyl (C=O) groups excluding carboxylic acids is 2. The van der Waals surface area contributed by atoms with Gasteiger partial charge in [0.25, 0.3) is 5.91 Å². The minimum Gasteiger partial charge on any atom is -0.350 e. The average Bonchev–Trinajstić information content (AvgIpc) is 3.07. The summed E-state index contributed by atoms with van der Waals surface area (Å²) in [6, 6.07) is 5.48. The van der Waals surface area contributed by atoms with Gasteiger partial charge in [0.15, 0.2) is 0 Å². The Labute approximate surface area is 150 Å². The van der Waals surface area contributed by atoms with Crippen LogP contribution in [0.1, 0.15) is 27.4 Å². The predicted octanol–water partition coefficient (Wildman–Crippen LogP) is 1.36. The summed E-state index contributed by atoms with van der Waals surface area (Å²) in [5, 5.41) is 5.65. The molecule has 2 N–H and O–H groups in total. The van der Waals surface area contributed by atoms with E-state index < -0.39 is 0 Å². The molecule has 2 aromatic rings. The van der Waals surface area contributed by atoms with Gasteiger partial charge in [0.1, 0.15) is 0 Å². The first-order valence-corrected chi connectivity index (χ1v) is 9.09. The molecule has 0 aromatic carbocycles. The summed E-state index contributed by atoms with van der Waals surface area (Å²) in [5.41, 5.74) is 0. The first-order valence-electron chi connectivity index (χ1n) is 8.28. The topological polar surface area (TPSA) is 87.2 Å². The van der Waals surface area contributed by atoms with E-state index in [4.69, 9.17) is 0 Å². The zero-order chi connectivity index (χ0) is 17.6. The van der Waals surface area contributed by atoms with Crippen molar-refractivity contribution in [2.24, 2.45) is 0 Å². The van der Waals surface area contributed by atoms with Crippen LogP contribution in [0.15, 0.2) is 30.6 Å². The van der Waals surface area contributed by atoms with Gasteiger partial charge in [-0.1, -0.05) is 0 Å². The number of rotatable bonds is 5. The van der Waals surface area contributed by atoms with E-state index >= 15 is 0 Å². The van der Waals surface area contributed by atoms with Crippen molar-refractivity contribution in [2.75, 3.05) is 24.5 Å². The van der Waals surface area contributed by atoms with Crippen LogP contribution in [-0.4, -0.2) is 47.5 Å². The molecular weight excluding hydrogens is 338 g/mol. The second-order valence-corrected chi connectivity index (χ2v) is 7.28. The lowest BCUT2D eigenvalue weighted by atomic mass is 10.1. The average molecular weight is 359 g/mol. The Hall–Kier alpha value is -2.48.